The van der Waals surface area contributed by atoms with Crippen LogP contribution in [0.15, 0.2) is 24.8 Å². The van der Waals surface area contributed by atoms with Crippen molar-refractivity contribution in [3.63, 3.8) is 0 Å². The molecule has 0 saturated carbocycles. The molecule has 1 aromatic rings. The molecule has 8 heteroatoms. The van der Waals surface area contributed by atoms with Gasteiger partial charge in [0.1, 0.15) is 6.33 Å². The van der Waals surface area contributed by atoms with E-state index in [0.717, 1.165) is 18.9 Å². The first-order valence-corrected chi connectivity index (χ1v) is 6.36. The Bertz CT molecular complexity index is 531. The largest absolute Gasteiger partial charge is 0.490 e. The number of nitrogens with one attached hydrogen (secondary N) is 1. The first kappa shape index (κ1) is 15.4. The summed E-state index contributed by atoms with van der Waals surface area (Å²) in [6.45, 7) is 1.14. The van der Waals surface area contributed by atoms with Gasteiger partial charge in [-0.2, -0.15) is 13.2 Å². The molecule has 0 aromatic carbocycles. The summed E-state index contributed by atoms with van der Waals surface area (Å²) in [6.07, 6.45) is 5.13. The number of carboxylic acid groups (broad SMARTS) is 1. The van der Waals surface area contributed by atoms with Gasteiger partial charge in [-0.1, -0.05) is 6.08 Å². The van der Waals surface area contributed by atoms with Crippen molar-refractivity contribution in [2.24, 2.45) is 5.92 Å². The number of alkyl halides is 3. The first-order chi connectivity index (χ1) is 9.86. The zero-order valence-corrected chi connectivity index (χ0v) is 11.0. The SMILES string of the molecule is C1=C(c2cncnc2)CC2CC1CN2.O=C(O)C(F)(F)F. The highest BCUT2D eigenvalue weighted by molar-refractivity contribution is 5.73. The van der Waals surface area contributed by atoms with Crippen LogP contribution in [-0.4, -0.2) is 39.8 Å². The Hall–Kier alpha value is -1.96. The average Bonchev–Trinajstić information content (AvgIpc) is 2.78. The van der Waals surface area contributed by atoms with Gasteiger partial charge in [-0.05, 0) is 24.3 Å². The molecular formula is C13H14F3N3O2. The summed E-state index contributed by atoms with van der Waals surface area (Å²) in [5.74, 6) is -2.03. The molecule has 1 fully saturated rings. The maximum atomic E-state index is 10.6. The van der Waals surface area contributed by atoms with E-state index >= 15 is 0 Å². The Morgan fingerprint density at radius 3 is 2.48 bits per heavy atom. The van der Waals surface area contributed by atoms with Crippen molar-refractivity contribution in [2.45, 2.75) is 25.1 Å². The second kappa shape index (κ2) is 6.21. The zero-order chi connectivity index (χ0) is 15.5. The highest BCUT2D eigenvalue weighted by Crippen LogP contribution is 2.32. The van der Waals surface area contributed by atoms with Crippen LogP contribution in [0.2, 0.25) is 0 Å². The number of hydrogen-bond donors (Lipinski definition) is 2. The van der Waals surface area contributed by atoms with Gasteiger partial charge in [0.05, 0.1) is 0 Å². The van der Waals surface area contributed by atoms with Gasteiger partial charge in [0.2, 0.25) is 0 Å². The third-order valence-corrected chi connectivity index (χ3v) is 3.33. The minimum Gasteiger partial charge on any atom is -0.475 e. The van der Waals surface area contributed by atoms with Crippen LogP contribution in [0.25, 0.3) is 5.57 Å². The van der Waals surface area contributed by atoms with Crippen molar-refractivity contribution in [2.75, 3.05) is 6.54 Å². The van der Waals surface area contributed by atoms with Crippen molar-refractivity contribution in [1.29, 1.82) is 0 Å². The van der Waals surface area contributed by atoms with Crippen LogP contribution in [-0.2, 0) is 4.79 Å². The molecule has 2 atom stereocenters. The van der Waals surface area contributed by atoms with Crippen molar-refractivity contribution >= 4 is 11.5 Å². The molecule has 1 aliphatic heterocycles. The minimum atomic E-state index is -5.08. The fourth-order valence-corrected chi connectivity index (χ4v) is 2.43. The van der Waals surface area contributed by atoms with Gasteiger partial charge in [-0.25, -0.2) is 14.8 Å². The lowest BCUT2D eigenvalue weighted by Gasteiger charge is -2.18. The number of hydrogen-bond acceptors (Lipinski definition) is 4. The van der Waals surface area contributed by atoms with Gasteiger partial charge >= 0.3 is 12.1 Å². The van der Waals surface area contributed by atoms with Crippen molar-refractivity contribution < 1.29 is 23.1 Å². The second-order valence-corrected chi connectivity index (χ2v) is 4.93. The van der Waals surface area contributed by atoms with Gasteiger partial charge in [0.15, 0.2) is 0 Å². The molecule has 2 unspecified atom stereocenters. The Labute approximate surface area is 118 Å². The van der Waals surface area contributed by atoms with E-state index < -0.39 is 12.1 Å². The zero-order valence-electron chi connectivity index (χ0n) is 11.0. The quantitative estimate of drug-likeness (QED) is 0.828. The Morgan fingerprint density at radius 1 is 1.33 bits per heavy atom. The topological polar surface area (TPSA) is 75.1 Å². The summed E-state index contributed by atoms with van der Waals surface area (Å²) in [4.78, 5) is 17.0. The highest BCUT2D eigenvalue weighted by atomic mass is 19.4. The molecule has 1 saturated heterocycles. The van der Waals surface area contributed by atoms with Crippen LogP contribution >= 0.6 is 0 Å². The predicted octanol–water partition coefficient (Wildman–Crippen LogP) is 1.88. The summed E-state index contributed by atoms with van der Waals surface area (Å²) in [7, 11) is 0. The van der Waals surface area contributed by atoms with Crippen molar-refractivity contribution in [3.8, 4) is 0 Å². The molecule has 2 bridgehead atoms. The van der Waals surface area contributed by atoms with E-state index in [9.17, 15) is 13.2 Å². The van der Waals surface area contributed by atoms with Crippen LogP contribution in [0.3, 0.4) is 0 Å². The molecule has 2 heterocycles. The third-order valence-electron chi connectivity index (χ3n) is 3.33. The molecule has 0 radical (unpaired) electrons. The van der Waals surface area contributed by atoms with E-state index in [1.165, 1.54) is 17.6 Å². The number of rotatable bonds is 1. The maximum Gasteiger partial charge on any atom is 0.490 e. The number of fused-ring (bicyclic) bond motifs is 2. The van der Waals surface area contributed by atoms with Gasteiger partial charge in [-0.3, -0.25) is 0 Å². The first-order valence-electron chi connectivity index (χ1n) is 6.36. The number of aliphatic carboxylic acids is 1. The van der Waals surface area contributed by atoms with E-state index in [2.05, 4.69) is 21.4 Å². The highest BCUT2D eigenvalue weighted by Gasteiger charge is 2.38. The molecule has 2 aliphatic rings. The molecular weight excluding hydrogens is 287 g/mol. The van der Waals surface area contributed by atoms with Gasteiger partial charge in [0, 0.05) is 30.5 Å². The number of aromatic nitrogens is 2. The molecule has 5 nitrogen and oxygen atoms in total. The molecule has 1 aliphatic carbocycles. The average molecular weight is 301 g/mol. The smallest absolute Gasteiger partial charge is 0.475 e. The number of carbonyl (C=O) groups is 1. The van der Waals surface area contributed by atoms with Crippen LogP contribution in [0.1, 0.15) is 18.4 Å². The normalized spacial score (nSPS) is 23.9. The van der Waals surface area contributed by atoms with Crippen molar-refractivity contribution in [1.82, 2.24) is 15.3 Å². The Balaban J connectivity index is 0.000000199. The van der Waals surface area contributed by atoms with Gasteiger partial charge in [0.25, 0.3) is 0 Å². The molecule has 21 heavy (non-hydrogen) atoms. The fraction of sp³-hybridized carbons (Fsp3) is 0.462. The summed E-state index contributed by atoms with van der Waals surface area (Å²) in [5.41, 5.74) is 2.60. The number of nitrogens with zero attached hydrogens (tertiary/aromatic N) is 2. The van der Waals surface area contributed by atoms with Crippen LogP contribution in [0.5, 0.6) is 0 Å². The second-order valence-electron chi connectivity index (χ2n) is 4.93. The van der Waals surface area contributed by atoms with E-state index in [4.69, 9.17) is 9.90 Å². The standard InChI is InChI=1S/C11H13N3.C2HF3O2/c1-8-2-11(14-4-8)3-9(1)10-5-12-7-13-6-10;3-2(4,5)1(6)7/h1,5-8,11,14H,2-4H2;(H,6,7). The van der Waals surface area contributed by atoms with Crippen LogP contribution < -0.4 is 5.32 Å². The van der Waals surface area contributed by atoms with E-state index in [-0.39, 0.29) is 0 Å². The summed E-state index contributed by atoms with van der Waals surface area (Å²) in [5, 5.41) is 10.7. The Morgan fingerprint density at radius 2 is 1.95 bits per heavy atom. The molecule has 114 valence electrons. The lowest BCUT2D eigenvalue weighted by atomic mass is 9.88. The van der Waals surface area contributed by atoms with E-state index in [1.807, 2.05) is 12.4 Å². The van der Waals surface area contributed by atoms with Gasteiger partial charge in [-0.15, -0.1) is 0 Å². The van der Waals surface area contributed by atoms with Crippen molar-refractivity contribution in [3.05, 3.63) is 30.4 Å². The monoisotopic (exact) mass is 301 g/mol. The molecule has 1 aromatic heterocycles. The lowest BCUT2D eigenvalue weighted by molar-refractivity contribution is -0.192. The summed E-state index contributed by atoms with van der Waals surface area (Å²) >= 11 is 0. The molecule has 0 amide bonds. The van der Waals surface area contributed by atoms with Gasteiger partial charge < -0.3 is 10.4 Å². The summed E-state index contributed by atoms with van der Waals surface area (Å²) < 4.78 is 31.7. The van der Waals surface area contributed by atoms with E-state index in [0.29, 0.717) is 6.04 Å². The maximum absolute atomic E-state index is 10.6. The Kier molecular flexibility index (Phi) is 4.56. The number of carboxylic acids is 1. The van der Waals surface area contributed by atoms with Crippen LogP contribution in [0.4, 0.5) is 13.2 Å². The van der Waals surface area contributed by atoms with E-state index in [1.54, 1.807) is 6.33 Å². The summed E-state index contributed by atoms with van der Waals surface area (Å²) in [6, 6.07) is 0.681. The number of halogens is 3. The molecule has 2 N–H and O–H groups in total. The molecule has 3 rings (SSSR count). The predicted molar refractivity (Wildman–Crippen MR) is 68.2 cm³/mol. The van der Waals surface area contributed by atoms with Crippen LogP contribution in [0, 0.1) is 5.92 Å². The fourth-order valence-electron chi connectivity index (χ4n) is 2.43. The molecule has 0 spiro atoms. The third kappa shape index (κ3) is 4.25. The lowest BCUT2D eigenvalue weighted by Crippen LogP contribution is -2.21. The minimum absolute atomic E-state index is 0.681.